The van der Waals surface area contributed by atoms with Crippen LogP contribution in [-0.4, -0.2) is 28.1 Å². The van der Waals surface area contributed by atoms with Gasteiger partial charge in [-0.25, -0.2) is 4.39 Å². The summed E-state index contributed by atoms with van der Waals surface area (Å²) in [5, 5.41) is 13.4. The van der Waals surface area contributed by atoms with Gasteiger partial charge in [-0.2, -0.15) is 0 Å². The number of aliphatic hydroxyl groups is 1. The van der Waals surface area contributed by atoms with E-state index in [9.17, 15) is 14.3 Å². The van der Waals surface area contributed by atoms with Crippen LogP contribution in [0.25, 0.3) is 5.70 Å². The van der Waals surface area contributed by atoms with Crippen LogP contribution in [0.1, 0.15) is 36.8 Å². The Morgan fingerprint density at radius 3 is 2.71 bits per heavy atom. The van der Waals surface area contributed by atoms with Crippen molar-refractivity contribution in [2.24, 2.45) is 0 Å². The van der Waals surface area contributed by atoms with E-state index in [0.717, 1.165) is 0 Å². The molecule has 2 heterocycles. The van der Waals surface area contributed by atoms with Gasteiger partial charge in [0, 0.05) is 29.5 Å². The monoisotopic (exact) mass is 401 g/mol. The summed E-state index contributed by atoms with van der Waals surface area (Å²) in [7, 11) is 0. The third-order valence-electron chi connectivity index (χ3n) is 4.05. The van der Waals surface area contributed by atoms with Crippen LogP contribution in [0.15, 0.2) is 54.4 Å². The molecule has 1 amide bonds. The van der Waals surface area contributed by atoms with Crippen LogP contribution < -0.4 is 10.2 Å². The highest BCUT2D eigenvalue weighted by atomic mass is 35.5. The van der Waals surface area contributed by atoms with Crippen molar-refractivity contribution in [1.29, 1.82) is 0 Å². The Morgan fingerprint density at radius 2 is 2.04 bits per heavy atom. The molecule has 28 heavy (non-hydrogen) atoms. The van der Waals surface area contributed by atoms with Gasteiger partial charge in [-0.05, 0) is 57.2 Å². The highest BCUT2D eigenvalue weighted by Crippen LogP contribution is 2.33. The van der Waals surface area contributed by atoms with Gasteiger partial charge in [0.1, 0.15) is 17.3 Å². The summed E-state index contributed by atoms with van der Waals surface area (Å²) in [6, 6.07) is 7.68. The number of allylic oxidation sites excluding steroid dienone is 1. The van der Waals surface area contributed by atoms with Crippen LogP contribution in [0.3, 0.4) is 0 Å². The number of aromatic nitrogens is 1. The van der Waals surface area contributed by atoms with E-state index in [1.807, 2.05) is 20.8 Å². The number of carbonyl (C=O) groups excluding carboxylic acids is 1. The standard InChI is InChI=1S/C21H21ClFN3O2/c1-21(2,3)25-20(28)17-11-13(8-9-24-17)19-18(27)5-4-10-26(19)14-6-7-16(23)15(22)12-14/h4-9,11-12,27H,10H2,1-3H3,(H,25,28). The molecule has 0 fully saturated rings. The fraction of sp³-hybridized carbons (Fsp3) is 0.238. The molecule has 0 bridgehead atoms. The van der Waals surface area contributed by atoms with Crippen LogP contribution in [0, 0.1) is 5.82 Å². The van der Waals surface area contributed by atoms with Gasteiger partial charge in [-0.15, -0.1) is 0 Å². The zero-order chi connectivity index (χ0) is 20.5. The van der Waals surface area contributed by atoms with Gasteiger partial charge >= 0.3 is 0 Å². The first-order chi connectivity index (χ1) is 13.2. The molecule has 7 heteroatoms. The van der Waals surface area contributed by atoms with E-state index in [4.69, 9.17) is 11.6 Å². The number of nitrogens with zero attached hydrogens (tertiary/aromatic N) is 2. The molecule has 146 valence electrons. The first-order valence-electron chi connectivity index (χ1n) is 8.77. The summed E-state index contributed by atoms with van der Waals surface area (Å²) in [5.41, 5.74) is 1.55. The van der Waals surface area contributed by atoms with E-state index in [2.05, 4.69) is 10.3 Å². The maximum Gasteiger partial charge on any atom is 0.270 e. The van der Waals surface area contributed by atoms with Crippen molar-refractivity contribution < 1.29 is 14.3 Å². The Bertz CT molecular complexity index is 980. The van der Waals surface area contributed by atoms with Gasteiger partial charge in [0.05, 0.1) is 10.7 Å². The second-order valence-electron chi connectivity index (χ2n) is 7.48. The number of hydrogen-bond acceptors (Lipinski definition) is 4. The lowest BCUT2D eigenvalue weighted by Gasteiger charge is -2.30. The van der Waals surface area contributed by atoms with Crippen molar-refractivity contribution in [3.8, 4) is 0 Å². The van der Waals surface area contributed by atoms with Crippen molar-refractivity contribution in [3.05, 3.63) is 76.5 Å². The van der Waals surface area contributed by atoms with Crippen LogP contribution in [0.5, 0.6) is 0 Å². The first-order valence-corrected chi connectivity index (χ1v) is 9.15. The molecule has 1 aromatic carbocycles. The number of carbonyl (C=O) groups is 1. The van der Waals surface area contributed by atoms with Gasteiger partial charge in [-0.1, -0.05) is 17.7 Å². The minimum Gasteiger partial charge on any atom is -0.506 e. The SMILES string of the molecule is CC(C)(C)NC(=O)c1cc(C2=C(O)C=CCN2c2ccc(F)c(Cl)c2)ccn1. The van der Waals surface area contributed by atoms with E-state index < -0.39 is 11.4 Å². The van der Waals surface area contributed by atoms with E-state index in [1.165, 1.54) is 18.3 Å². The Kier molecular flexibility index (Phi) is 5.42. The molecule has 3 rings (SSSR count). The van der Waals surface area contributed by atoms with Gasteiger partial charge in [0.25, 0.3) is 5.91 Å². The van der Waals surface area contributed by atoms with Crippen molar-refractivity contribution in [1.82, 2.24) is 10.3 Å². The van der Waals surface area contributed by atoms with Gasteiger partial charge in [-0.3, -0.25) is 9.78 Å². The molecule has 0 atom stereocenters. The largest absolute Gasteiger partial charge is 0.506 e. The van der Waals surface area contributed by atoms with Crippen molar-refractivity contribution >= 4 is 28.9 Å². The first kappa shape index (κ1) is 19.9. The Labute approximate surface area is 168 Å². The zero-order valence-corrected chi connectivity index (χ0v) is 16.6. The topological polar surface area (TPSA) is 65.5 Å². The number of amides is 1. The number of halogens is 2. The fourth-order valence-electron chi connectivity index (χ4n) is 2.88. The Morgan fingerprint density at radius 1 is 1.29 bits per heavy atom. The van der Waals surface area contributed by atoms with Crippen molar-refractivity contribution in [3.63, 3.8) is 0 Å². The van der Waals surface area contributed by atoms with Gasteiger partial charge in [0.2, 0.25) is 0 Å². The molecular formula is C21H21ClFN3O2. The Balaban J connectivity index is 2.02. The average Bonchev–Trinajstić information content (AvgIpc) is 2.62. The van der Waals surface area contributed by atoms with Gasteiger partial charge in [0.15, 0.2) is 0 Å². The highest BCUT2D eigenvalue weighted by molar-refractivity contribution is 6.31. The van der Waals surface area contributed by atoms with Crippen LogP contribution >= 0.6 is 11.6 Å². The summed E-state index contributed by atoms with van der Waals surface area (Å²) in [6.45, 7) is 6.10. The molecule has 0 saturated heterocycles. The maximum atomic E-state index is 13.6. The number of nitrogens with one attached hydrogen (secondary N) is 1. The summed E-state index contributed by atoms with van der Waals surface area (Å²) >= 11 is 5.93. The number of hydrogen-bond donors (Lipinski definition) is 2. The Hall–Kier alpha value is -2.86. The lowest BCUT2D eigenvalue weighted by atomic mass is 10.0. The molecule has 0 saturated carbocycles. The maximum absolute atomic E-state index is 13.6. The molecule has 2 aromatic rings. The molecule has 1 aliphatic heterocycles. The smallest absolute Gasteiger partial charge is 0.270 e. The fourth-order valence-corrected chi connectivity index (χ4v) is 3.05. The predicted octanol–water partition coefficient (Wildman–Crippen LogP) is 4.71. The second kappa shape index (κ2) is 7.64. The van der Waals surface area contributed by atoms with Crippen molar-refractivity contribution in [2.75, 3.05) is 11.4 Å². The number of aliphatic hydroxyl groups excluding tert-OH is 1. The number of rotatable bonds is 3. The summed E-state index contributed by atoms with van der Waals surface area (Å²) in [4.78, 5) is 18.4. The predicted molar refractivity (Wildman–Crippen MR) is 109 cm³/mol. The quantitative estimate of drug-likeness (QED) is 0.782. The van der Waals surface area contributed by atoms with E-state index >= 15 is 0 Å². The number of pyridine rings is 1. The third kappa shape index (κ3) is 4.34. The molecular weight excluding hydrogens is 381 g/mol. The van der Waals surface area contributed by atoms with E-state index in [0.29, 0.717) is 23.5 Å². The number of benzene rings is 1. The molecule has 2 N–H and O–H groups in total. The summed E-state index contributed by atoms with van der Waals surface area (Å²) < 4.78 is 13.6. The molecule has 0 unspecified atom stereocenters. The molecule has 1 aliphatic rings. The van der Waals surface area contributed by atoms with Crippen LogP contribution in [0.4, 0.5) is 10.1 Å². The average molecular weight is 402 g/mol. The second-order valence-corrected chi connectivity index (χ2v) is 7.89. The minimum absolute atomic E-state index is 0.00846. The zero-order valence-electron chi connectivity index (χ0n) is 15.8. The third-order valence-corrected chi connectivity index (χ3v) is 4.34. The van der Waals surface area contributed by atoms with Crippen LogP contribution in [-0.2, 0) is 0 Å². The lowest BCUT2D eigenvalue weighted by molar-refractivity contribution is 0.0914. The van der Waals surface area contributed by atoms with E-state index in [-0.39, 0.29) is 22.4 Å². The van der Waals surface area contributed by atoms with Crippen LogP contribution in [0.2, 0.25) is 5.02 Å². The number of anilines is 1. The molecule has 0 radical (unpaired) electrons. The highest BCUT2D eigenvalue weighted by Gasteiger charge is 2.23. The van der Waals surface area contributed by atoms with Crippen molar-refractivity contribution in [2.45, 2.75) is 26.3 Å². The summed E-state index contributed by atoms with van der Waals surface area (Å²) in [5.74, 6) is -0.796. The molecule has 0 aliphatic carbocycles. The normalized spacial score (nSPS) is 14.4. The lowest BCUT2D eigenvalue weighted by Crippen LogP contribution is -2.41. The summed E-state index contributed by atoms with van der Waals surface area (Å²) in [6.07, 6.45) is 4.89. The van der Waals surface area contributed by atoms with Gasteiger partial charge < -0.3 is 15.3 Å². The molecule has 0 spiro atoms. The minimum atomic E-state index is -0.516. The molecule has 1 aromatic heterocycles. The molecule has 5 nitrogen and oxygen atoms in total. The van der Waals surface area contributed by atoms with E-state index in [1.54, 1.807) is 35.3 Å².